The van der Waals surface area contributed by atoms with Crippen LogP contribution in [0, 0.1) is 0 Å². The number of rotatable bonds is 4. The van der Waals surface area contributed by atoms with Gasteiger partial charge in [0.05, 0.1) is 0 Å². The minimum Gasteiger partial charge on any atom is -0.508 e. The van der Waals surface area contributed by atoms with Crippen molar-refractivity contribution in [2.24, 2.45) is 0 Å². The second kappa shape index (κ2) is 7.87. The van der Waals surface area contributed by atoms with Crippen LogP contribution < -0.4 is 5.32 Å². The Kier molecular flexibility index (Phi) is 6.77. The van der Waals surface area contributed by atoms with E-state index in [4.69, 9.17) is 0 Å². The summed E-state index contributed by atoms with van der Waals surface area (Å²) in [6.45, 7) is 3.06. The molecule has 3 nitrogen and oxygen atoms in total. The number of nitrogens with one attached hydrogen (secondary N) is 1. The first-order valence-corrected chi connectivity index (χ1v) is 6.76. The molecule has 1 saturated heterocycles. The lowest BCUT2D eigenvalue weighted by atomic mass is 9.99. The predicted octanol–water partition coefficient (Wildman–Crippen LogP) is 3.10. The van der Waals surface area contributed by atoms with Crippen molar-refractivity contribution >= 4 is 12.4 Å². The fraction of sp³-hybridized carbons (Fsp3) is 0.571. The van der Waals surface area contributed by atoms with E-state index in [1.807, 2.05) is 0 Å². The zero-order chi connectivity index (χ0) is 14.6. The molecule has 0 aromatic heterocycles. The van der Waals surface area contributed by atoms with Gasteiger partial charge in [-0.1, -0.05) is 12.1 Å². The van der Waals surface area contributed by atoms with E-state index in [1.54, 1.807) is 12.1 Å². The largest absolute Gasteiger partial charge is 0.508 e. The van der Waals surface area contributed by atoms with Crippen molar-refractivity contribution < 1.29 is 18.3 Å². The summed E-state index contributed by atoms with van der Waals surface area (Å²) in [6.07, 6.45) is -4.88. The molecule has 0 bridgehead atoms. The van der Waals surface area contributed by atoms with Gasteiger partial charge in [-0.3, -0.25) is 4.90 Å². The minimum atomic E-state index is -4.14. The van der Waals surface area contributed by atoms with Crippen molar-refractivity contribution in [3.8, 4) is 5.75 Å². The summed E-state index contributed by atoms with van der Waals surface area (Å²) in [7, 11) is 0. The molecule has 1 aliphatic heterocycles. The highest BCUT2D eigenvalue weighted by Gasteiger charge is 2.31. The van der Waals surface area contributed by atoms with Crippen molar-refractivity contribution in [3.63, 3.8) is 0 Å². The van der Waals surface area contributed by atoms with E-state index in [2.05, 4.69) is 10.2 Å². The van der Waals surface area contributed by atoms with Gasteiger partial charge in [0.15, 0.2) is 0 Å². The second-order valence-corrected chi connectivity index (χ2v) is 5.05. The molecular formula is C14H20ClF3N2O. The van der Waals surface area contributed by atoms with E-state index in [9.17, 15) is 18.3 Å². The maximum atomic E-state index is 12.5. The van der Waals surface area contributed by atoms with Crippen molar-refractivity contribution in [1.29, 1.82) is 0 Å². The van der Waals surface area contributed by atoms with E-state index in [1.165, 1.54) is 12.1 Å². The average molecular weight is 325 g/mol. The molecule has 21 heavy (non-hydrogen) atoms. The summed E-state index contributed by atoms with van der Waals surface area (Å²) in [5, 5.41) is 12.5. The first-order chi connectivity index (χ1) is 9.46. The molecule has 0 spiro atoms. The fourth-order valence-electron chi connectivity index (χ4n) is 2.55. The van der Waals surface area contributed by atoms with Gasteiger partial charge in [0.25, 0.3) is 0 Å². The van der Waals surface area contributed by atoms with Gasteiger partial charge in [-0.05, 0) is 24.1 Å². The highest BCUT2D eigenvalue weighted by molar-refractivity contribution is 5.85. The maximum Gasteiger partial charge on any atom is 0.389 e. The lowest BCUT2D eigenvalue weighted by molar-refractivity contribution is -0.138. The zero-order valence-corrected chi connectivity index (χ0v) is 12.4. The standard InChI is InChI=1S/C14H19F3N2O.ClH/c15-14(16,17)6-5-13(19-9-7-18-8-10-19)11-1-3-12(20)4-2-11;/h1-4,13,18,20H,5-10H2;1H/t13-;/m1./s1. The number of piperazine rings is 1. The normalized spacial score (nSPS) is 18.0. The van der Waals surface area contributed by atoms with Crippen LogP contribution in [0.3, 0.4) is 0 Å². The molecule has 1 fully saturated rings. The molecule has 7 heteroatoms. The molecule has 0 saturated carbocycles. The first kappa shape index (κ1) is 18.1. The third kappa shape index (κ3) is 5.73. The lowest BCUT2D eigenvalue weighted by Gasteiger charge is -2.35. The molecule has 1 atom stereocenters. The summed E-state index contributed by atoms with van der Waals surface area (Å²) in [4.78, 5) is 2.08. The molecule has 0 amide bonds. The molecular weight excluding hydrogens is 305 g/mol. The number of halogens is 4. The Labute approximate surface area is 128 Å². The van der Waals surface area contributed by atoms with Crippen LogP contribution >= 0.6 is 12.4 Å². The van der Waals surface area contributed by atoms with E-state index in [0.717, 1.165) is 31.7 Å². The number of alkyl halides is 3. The molecule has 120 valence electrons. The molecule has 0 radical (unpaired) electrons. The summed E-state index contributed by atoms with van der Waals surface area (Å²) in [5.74, 6) is 0.128. The van der Waals surface area contributed by atoms with Crippen LogP contribution in [0.15, 0.2) is 24.3 Å². The summed E-state index contributed by atoms with van der Waals surface area (Å²) >= 11 is 0. The molecule has 1 aromatic rings. The zero-order valence-electron chi connectivity index (χ0n) is 11.6. The summed E-state index contributed by atoms with van der Waals surface area (Å²) in [6, 6.07) is 6.21. The van der Waals surface area contributed by atoms with Gasteiger partial charge < -0.3 is 10.4 Å². The number of phenols is 1. The summed E-state index contributed by atoms with van der Waals surface area (Å²) in [5.41, 5.74) is 0.828. The Morgan fingerprint density at radius 1 is 1.14 bits per heavy atom. The van der Waals surface area contributed by atoms with Gasteiger partial charge >= 0.3 is 6.18 Å². The smallest absolute Gasteiger partial charge is 0.389 e. The van der Waals surface area contributed by atoms with Gasteiger partial charge in [-0.25, -0.2) is 0 Å². The highest BCUT2D eigenvalue weighted by atomic mass is 35.5. The number of nitrogens with zero attached hydrogens (tertiary/aromatic N) is 1. The van der Waals surface area contributed by atoms with Crippen molar-refractivity contribution in [1.82, 2.24) is 10.2 Å². The molecule has 1 aromatic carbocycles. The monoisotopic (exact) mass is 324 g/mol. The number of hydrogen-bond acceptors (Lipinski definition) is 3. The van der Waals surface area contributed by atoms with Crippen LogP contribution in [0.2, 0.25) is 0 Å². The molecule has 0 unspecified atom stereocenters. The predicted molar refractivity (Wildman–Crippen MR) is 77.8 cm³/mol. The van der Waals surface area contributed by atoms with Gasteiger partial charge in [-0.15, -0.1) is 12.4 Å². The number of aromatic hydroxyl groups is 1. The number of benzene rings is 1. The number of hydrogen-bond donors (Lipinski definition) is 2. The molecule has 2 N–H and O–H groups in total. The Bertz CT molecular complexity index is 419. The van der Waals surface area contributed by atoms with Crippen LogP contribution in [0.5, 0.6) is 5.75 Å². The van der Waals surface area contributed by atoms with Crippen LogP contribution in [0.25, 0.3) is 0 Å². The van der Waals surface area contributed by atoms with E-state index in [-0.39, 0.29) is 30.6 Å². The maximum absolute atomic E-state index is 12.5. The summed E-state index contributed by atoms with van der Waals surface area (Å²) < 4.78 is 37.5. The number of phenolic OH excluding ortho intramolecular Hbond substituents is 1. The van der Waals surface area contributed by atoms with E-state index >= 15 is 0 Å². The molecule has 0 aliphatic carbocycles. The van der Waals surface area contributed by atoms with Gasteiger partial charge in [0.1, 0.15) is 5.75 Å². The van der Waals surface area contributed by atoms with Gasteiger partial charge in [0.2, 0.25) is 0 Å². The Hall–Kier alpha value is -0.980. The lowest BCUT2D eigenvalue weighted by Crippen LogP contribution is -2.45. The third-order valence-corrected chi connectivity index (χ3v) is 3.57. The first-order valence-electron chi connectivity index (χ1n) is 6.76. The molecule has 1 aliphatic rings. The fourth-order valence-corrected chi connectivity index (χ4v) is 2.55. The molecule has 2 rings (SSSR count). The van der Waals surface area contributed by atoms with Crippen LogP contribution in [0.1, 0.15) is 24.4 Å². The van der Waals surface area contributed by atoms with E-state index < -0.39 is 12.6 Å². The van der Waals surface area contributed by atoms with Crippen molar-refractivity contribution in [3.05, 3.63) is 29.8 Å². The second-order valence-electron chi connectivity index (χ2n) is 5.05. The molecule has 1 heterocycles. The highest BCUT2D eigenvalue weighted by Crippen LogP contribution is 2.32. The van der Waals surface area contributed by atoms with Gasteiger partial charge in [-0.2, -0.15) is 13.2 Å². The van der Waals surface area contributed by atoms with Crippen LogP contribution in [-0.2, 0) is 0 Å². The van der Waals surface area contributed by atoms with Crippen molar-refractivity contribution in [2.75, 3.05) is 26.2 Å². The topological polar surface area (TPSA) is 35.5 Å². The Morgan fingerprint density at radius 2 is 1.71 bits per heavy atom. The van der Waals surface area contributed by atoms with Gasteiger partial charge in [0, 0.05) is 38.6 Å². The Morgan fingerprint density at radius 3 is 2.24 bits per heavy atom. The van der Waals surface area contributed by atoms with Crippen molar-refractivity contribution in [2.45, 2.75) is 25.1 Å². The van der Waals surface area contributed by atoms with Crippen LogP contribution in [0.4, 0.5) is 13.2 Å². The third-order valence-electron chi connectivity index (χ3n) is 3.57. The Balaban J connectivity index is 0.00000220. The SMILES string of the molecule is Cl.Oc1ccc([C@@H](CCC(F)(F)F)N2CCNCC2)cc1. The average Bonchev–Trinajstić information content (AvgIpc) is 2.41. The quantitative estimate of drug-likeness (QED) is 0.893. The minimum absolute atomic E-state index is 0. The van der Waals surface area contributed by atoms with E-state index in [0.29, 0.717) is 0 Å². The van der Waals surface area contributed by atoms with Crippen LogP contribution in [-0.4, -0.2) is 42.4 Å².